The molecule has 0 atom stereocenters. The quantitative estimate of drug-likeness (QED) is 0.874. The van der Waals surface area contributed by atoms with Crippen molar-refractivity contribution in [3.8, 4) is 0 Å². The predicted octanol–water partition coefficient (Wildman–Crippen LogP) is 1.20. The maximum absolute atomic E-state index is 13.0. The molecule has 1 aromatic heterocycles. The second-order valence-electron chi connectivity index (χ2n) is 5.13. The molecule has 2 rings (SSSR count). The fourth-order valence-corrected chi connectivity index (χ4v) is 2.54. The molecular formula is C13H18FN3O3. The number of rotatable bonds is 3. The highest BCUT2D eigenvalue weighted by atomic mass is 19.1. The zero-order chi connectivity index (χ0) is 14.5. The van der Waals surface area contributed by atoms with E-state index in [2.05, 4.69) is 5.32 Å². The maximum Gasteiger partial charge on any atom is 0.336 e. The van der Waals surface area contributed by atoms with Crippen LogP contribution in [0.3, 0.4) is 0 Å². The molecule has 1 aromatic rings. The minimum Gasteiger partial charge on any atom is -0.337 e. The van der Waals surface area contributed by atoms with Crippen LogP contribution in [0.5, 0.6) is 0 Å². The first-order valence-corrected chi connectivity index (χ1v) is 6.87. The van der Waals surface area contributed by atoms with Crippen LogP contribution in [-0.2, 0) is 0 Å². The Bertz CT molecular complexity index is 587. The molecule has 0 aliphatic heterocycles. The van der Waals surface area contributed by atoms with Crippen molar-refractivity contribution in [1.82, 2.24) is 14.9 Å². The Balaban J connectivity index is 1.90. The third-order valence-corrected chi connectivity index (χ3v) is 3.67. The lowest BCUT2D eigenvalue weighted by molar-refractivity contribution is 0.238. The van der Waals surface area contributed by atoms with E-state index in [1.165, 1.54) is 32.1 Å². The Labute approximate surface area is 115 Å². The molecule has 0 radical (unpaired) electrons. The Kier molecular flexibility index (Phi) is 4.70. The highest BCUT2D eigenvalue weighted by molar-refractivity contribution is 5.76. The van der Waals surface area contributed by atoms with Gasteiger partial charge in [-0.1, -0.05) is 32.1 Å². The number of H-pyrrole nitrogens is 1. The van der Waals surface area contributed by atoms with Crippen LogP contribution in [-0.4, -0.2) is 22.1 Å². The zero-order valence-electron chi connectivity index (χ0n) is 11.2. The first-order chi connectivity index (χ1) is 9.58. The summed E-state index contributed by atoms with van der Waals surface area (Å²) in [5.41, 5.74) is -2.06. The van der Waals surface area contributed by atoms with Gasteiger partial charge in [-0.3, -0.25) is 9.78 Å². The van der Waals surface area contributed by atoms with Gasteiger partial charge in [-0.05, 0) is 12.3 Å². The molecule has 0 saturated heterocycles. The van der Waals surface area contributed by atoms with E-state index in [9.17, 15) is 18.8 Å². The molecular weight excluding hydrogens is 265 g/mol. The van der Waals surface area contributed by atoms with Crippen LogP contribution in [0.25, 0.3) is 0 Å². The monoisotopic (exact) mass is 283 g/mol. The van der Waals surface area contributed by atoms with Gasteiger partial charge < -0.3 is 5.32 Å². The van der Waals surface area contributed by atoms with Crippen LogP contribution >= 0.6 is 0 Å². The Hall–Kier alpha value is -1.92. The average Bonchev–Trinajstić information content (AvgIpc) is 2.44. The molecule has 1 aliphatic carbocycles. The molecule has 2 N–H and O–H groups in total. The number of hydrogen-bond acceptors (Lipinski definition) is 3. The first kappa shape index (κ1) is 14.5. The van der Waals surface area contributed by atoms with Crippen molar-refractivity contribution in [3.63, 3.8) is 0 Å². The Morgan fingerprint density at radius 3 is 2.75 bits per heavy atom. The van der Waals surface area contributed by atoms with Crippen molar-refractivity contribution >= 4 is 6.03 Å². The second-order valence-corrected chi connectivity index (χ2v) is 5.13. The summed E-state index contributed by atoms with van der Waals surface area (Å²) in [5, 5.41) is 2.57. The fourth-order valence-electron chi connectivity index (χ4n) is 2.54. The van der Waals surface area contributed by atoms with Gasteiger partial charge in [0.25, 0.3) is 5.56 Å². The second kappa shape index (κ2) is 6.49. The topological polar surface area (TPSA) is 84.0 Å². The molecule has 20 heavy (non-hydrogen) atoms. The molecule has 0 unspecified atom stereocenters. The average molecular weight is 283 g/mol. The number of hydrogen-bond donors (Lipinski definition) is 2. The number of carbonyl (C=O) groups excluding carboxylic acids is 1. The van der Waals surface area contributed by atoms with Gasteiger partial charge in [0.05, 0.1) is 6.20 Å². The third-order valence-electron chi connectivity index (χ3n) is 3.67. The molecule has 1 fully saturated rings. The van der Waals surface area contributed by atoms with Crippen molar-refractivity contribution in [3.05, 3.63) is 32.9 Å². The summed E-state index contributed by atoms with van der Waals surface area (Å²) in [5.74, 6) is -0.555. The van der Waals surface area contributed by atoms with Crippen LogP contribution in [0.2, 0.25) is 0 Å². The van der Waals surface area contributed by atoms with E-state index < -0.39 is 23.1 Å². The van der Waals surface area contributed by atoms with Gasteiger partial charge in [-0.15, -0.1) is 0 Å². The Morgan fingerprint density at radius 2 is 2.05 bits per heavy atom. The van der Waals surface area contributed by atoms with E-state index in [4.69, 9.17) is 0 Å². The normalized spacial score (nSPS) is 16.1. The minimum atomic E-state index is -1.16. The van der Waals surface area contributed by atoms with Gasteiger partial charge in [0.1, 0.15) is 0 Å². The number of aromatic amines is 1. The van der Waals surface area contributed by atoms with E-state index in [1.807, 2.05) is 0 Å². The zero-order valence-corrected chi connectivity index (χ0v) is 11.2. The molecule has 1 amide bonds. The fraction of sp³-hybridized carbons (Fsp3) is 0.615. The molecule has 1 aliphatic rings. The smallest absolute Gasteiger partial charge is 0.336 e. The van der Waals surface area contributed by atoms with Crippen molar-refractivity contribution in [2.45, 2.75) is 38.5 Å². The van der Waals surface area contributed by atoms with Gasteiger partial charge in [0.15, 0.2) is 0 Å². The molecule has 1 saturated carbocycles. The van der Waals surface area contributed by atoms with Crippen LogP contribution in [0, 0.1) is 11.7 Å². The molecule has 7 heteroatoms. The van der Waals surface area contributed by atoms with E-state index in [1.54, 1.807) is 4.98 Å². The van der Waals surface area contributed by atoms with Gasteiger partial charge in [0.2, 0.25) is 5.82 Å². The number of amides is 1. The molecule has 1 heterocycles. The number of halogens is 1. The van der Waals surface area contributed by atoms with Crippen molar-refractivity contribution in [2.75, 3.05) is 6.54 Å². The Morgan fingerprint density at radius 1 is 1.35 bits per heavy atom. The molecule has 6 nitrogen and oxygen atoms in total. The molecule has 0 aromatic carbocycles. The summed E-state index contributed by atoms with van der Waals surface area (Å²) in [6.45, 7) is 0.441. The number of nitrogens with one attached hydrogen (secondary N) is 2. The van der Waals surface area contributed by atoms with Gasteiger partial charge in [0, 0.05) is 6.54 Å². The van der Waals surface area contributed by atoms with Crippen molar-refractivity contribution < 1.29 is 9.18 Å². The third kappa shape index (κ3) is 3.55. The highest BCUT2D eigenvalue weighted by Gasteiger charge is 2.14. The van der Waals surface area contributed by atoms with Gasteiger partial charge in [-0.2, -0.15) is 4.39 Å². The maximum atomic E-state index is 13.0. The number of aromatic nitrogens is 2. The lowest BCUT2D eigenvalue weighted by atomic mass is 9.87. The SMILES string of the molecule is O=C(NCCC1CCCCC1)n1cc(F)c(=O)[nH]c1=O. The van der Waals surface area contributed by atoms with Gasteiger partial charge in [-0.25, -0.2) is 14.2 Å². The van der Waals surface area contributed by atoms with Crippen LogP contribution in [0.1, 0.15) is 38.5 Å². The van der Waals surface area contributed by atoms with Crippen LogP contribution in [0.4, 0.5) is 9.18 Å². The lowest BCUT2D eigenvalue weighted by Crippen LogP contribution is -2.41. The van der Waals surface area contributed by atoms with E-state index in [0.717, 1.165) is 6.42 Å². The lowest BCUT2D eigenvalue weighted by Gasteiger charge is -2.21. The standard InChI is InChI=1S/C13H18FN3O3/c14-10-8-17(13(20)16-11(10)18)12(19)15-7-6-9-4-2-1-3-5-9/h8-9H,1-7H2,(H,15,19)(H,16,18,20). The number of nitrogens with zero attached hydrogens (tertiary/aromatic N) is 1. The van der Waals surface area contributed by atoms with Crippen LogP contribution in [0.15, 0.2) is 15.8 Å². The largest absolute Gasteiger partial charge is 0.337 e. The molecule has 0 spiro atoms. The summed E-state index contributed by atoms with van der Waals surface area (Å²) >= 11 is 0. The van der Waals surface area contributed by atoms with Crippen molar-refractivity contribution in [2.24, 2.45) is 5.92 Å². The van der Waals surface area contributed by atoms with Gasteiger partial charge >= 0.3 is 11.7 Å². The van der Waals surface area contributed by atoms with Crippen molar-refractivity contribution in [1.29, 1.82) is 0 Å². The minimum absolute atomic E-state index is 0.441. The summed E-state index contributed by atoms with van der Waals surface area (Å²) < 4.78 is 13.6. The van der Waals surface area contributed by atoms with Crippen LogP contribution < -0.4 is 16.6 Å². The number of carbonyl (C=O) groups is 1. The predicted molar refractivity (Wildman–Crippen MR) is 71.3 cm³/mol. The highest BCUT2D eigenvalue weighted by Crippen LogP contribution is 2.25. The summed E-state index contributed by atoms with van der Waals surface area (Å²) in [6, 6.07) is -0.721. The summed E-state index contributed by atoms with van der Waals surface area (Å²) in [7, 11) is 0. The molecule has 110 valence electrons. The first-order valence-electron chi connectivity index (χ1n) is 6.87. The van der Waals surface area contributed by atoms with E-state index in [0.29, 0.717) is 23.2 Å². The summed E-state index contributed by atoms with van der Waals surface area (Å²) in [6.07, 6.45) is 7.52. The summed E-state index contributed by atoms with van der Waals surface area (Å²) in [4.78, 5) is 35.7. The molecule has 0 bridgehead atoms. The van der Waals surface area contributed by atoms with E-state index >= 15 is 0 Å². The van der Waals surface area contributed by atoms with E-state index in [-0.39, 0.29) is 0 Å².